The maximum atomic E-state index is 5.71. The summed E-state index contributed by atoms with van der Waals surface area (Å²) in [6, 6.07) is 6.51. The number of aromatic nitrogens is 2. The average molecular weight is 340 g/mol. The van der Waals surface area contributed by atoms with Crippen LogP contribution in [0.3, 0.4) is 0 Å². The van der Waals surface area contributed by atoms with E-state index in [1.54, 1.807) is 0 Å². The number of aryl methyl sites for hydroxylation is 1. The summed E-state index contributed by atoms with van der Waals surface area (Å²) in [5.74, 6) is 0.778. The summed E-state index contributed by atoms with van der Waals surface area (Å²) in [7, 11) is 0. The highest BCUT2D eigenvalue weighted by molar-refractivity contribution is 9.10. The minimum absolute atomic E-state index is 0.345. The second-order valence-corrected chi connectivity index (χ2v) is 5.74. The third kappa shape index (κ3) is 4.05. The van der Waals surface area contributed by atoms with Gasteiger partial charge < -0.3 is 10.1 Å². The molecule has 0 radical (unpaired) electrons. The molecule has 2 aromatic rings. The van der Waals surface area contributed by atoms with E-state index in [2.05, 4.69) is 56.1 Å². The molecule has 6 heteroatoms. The molecule has 0 amide bonds. The number of ether oxygens (including phenoxy) is 1. The zero-order valence-corrected chi connectivity index (χ0v) is 13.4. The molecular weight excluding hydrogens is 322 g/mol. The normalized spacial score (nSPS) is 11.1. The van der Waals surface area contributed by atoms with Gasteiger partial charge in [-0.05, 0) is 40.5 Å². The fourth-order valence-corrected chi connectivity index (χ4v) is 2.16. The monoisotopic (exact) mass is 339 g/mol. The Balaban J connectivity index is 1.97. The van der Waals surface area contributed by atoms with Crippen LogP contribution in [0, 0.1) is 6.92 Å². The highest BCUT2D eigenvalue weighted by Gasteiger charge is 2.08. The third-order valence-electron chi connectivity index (χ3n) is 2.82. The van der Waals surface area contributed by atoms with Crippen molar-refractivity contribution in [2.45, 2.75) is 40.0 Å². The molecule has 0 aliphatic rings. The Kier molecular flexibility index (Phi) is 5.14. The van der Waals surface area contributed by atoms with E-state index >= 15 is 0 Å². The summed E-state index contributed by atoms with van der Waals surface area (Å²) in [6.07, 6.45) is 0. The van der Waals surface area contributed by atoms with Gasteiger partial charge in [0, 0.05) is 12.6 Å². The molecule has 0 unspecified atom stereocenters. The first kappa shape index (κ1) is 15.0. The van der Waals surface area contributed by atoms with Crippen LogP contribution in [0.25, 0.3) is 0 Å². The Labute approximate surface area is 126 Å². The predicted molar refractivity (Wildman–Crippen MR) is 79.5 cm³/mol. The lowest BCUT2D eigenvalue weighted by molar-refractivity contribution is 0.269. The number of nitrogens with zero attached hydrogens (tertiary/aromatic N) is 2. The predicted octanol–water partition coefficient (Wildman–Crippen LogP) is 3.22. The van der Waals surface area contributed by atoms with Gasteiger partial charge in [-0.25, -0.2) is 4.63 Å². The summed E-state index contributed by atoms with van der Waals surface area (Å²) in [5.41, 5.74) is 2.67. The fourth-order valence-electron chi connectivity index (χ4n) is 1.62. The first-order valence-electron chi connectivity index (χ1n) is 6.49. The van der Waals surface area contributed by atoms with Crippen molar-refractivity contribution in [3.8, 4) is 5.75 Å². The Morgan fingerprint density at radius 2 is 2.15 bits per heavy atom. The summed E-state index contributed by atoms with van der Waals surface area (Å²) in [6.45, 7) is 7.27. The Hall–Kier alpha value is -1.40. The Morgan fingerprint density at radius 3 is 2.75 bits per heavy atom. The summed E-state index contributed by atoms with van der Waals surface area (Å²) in [4.78, 5) is 0. The molecule has 1 heterocycles. The number of rotatable bonds is 6. The molecule has 5 nitrogen and oxygen atoms in total. The number of halogens is 1. The number of hydrogen-bond acceptors (Lipinski definition) is 5. The van der Waals surface area contributed by atoms with E-state index in [1.165, 1.54) is 5.56 Å². The molecule has 0 fully saturated rings. The second kappa shape index (κ2) is 6.85. The van der Waals surface area contributed by atoms with Crippen LogP contribution in [-0.4, -0.2) is 16.4 Å². The lowest BCUT2D eigenvalue weighted by atomic mass is 10.2. The van der Waals surface area contributed by atoms with Crippen LogP contribution in [0.15, 0.2) is 27.3 Å². The van der Waals surface area contributed by atoms with Gasteiger partial charge >= 0.3 is 0 Å². The van der Waals surface area contributed by atoms with Crippen molar-refractivity contribution in [3.05, 3.63) is 39.6 Å². The van der Waals surface area contributed by atoms with Crippen molar-refractivity contribution in [2.75, 3.05) is 0 Å². The van der Waals surface area contributed by atoms with Gasteiger partial charge in [-0.2, -0.15) is 0 Å². The van der Waals surface area contributed by atoms with E-state index in [9.17, 15) is 0 Å². The number of nitrogens with one attached hydrogen (secondary N) is 1. The zero-order chi connectivity index (χ0) is 14.5. The minimum Gasteiger partial charge on any atom is -0.486 e. The van der Waals surface area contributed by atoms with Gasteiger partial charge in [-0.1, -0.05) is 30.2 Å². The molecule has 0 aliphatic heterocycles. The van der Waals surface area contributed by atoms with Gasteiger partial charge in [0.05, 0.1) is 4.47 Å². The molecule has 20 heavy (non-hydrogen) atoms. The number of hydrogen-bond donors (Lipinski definition) is 1. The highest BCUT2D eigenvalue weighted by Crippen LogP contribution is 2.26. The number of benzene rings is 1. The zero-order valence-electron chi connectivity index (χ0n) is 11.8. The molecule has 0 aliphatic carbocycles. The van der Waals surface area contributed by atoms with E-state index in [-0.39, 0.29) is 0 Å². The van der Waals surface area contributed by atoms with E-state index in [1.807, 2.05) is 19.1 Å². The van der Waals surface area contributed by atoms with Gasteiger partial charge in [-0.15, -0.1) is 0 Å². The van der Waals surface area contributed by atoms with Gasteiger partial charge in [0.1, 0.15) is 23.7 Å². The lowest BCUT2D eigenvalue weighted by Gasteiger charge is -2.11. The molecule has 0 bridgehead atoms. The quantitative estimate of drug-likeness (QED) is 0.875. The van der Waals surface area contributed by atoms with Gasteiger partial charge in [0.25, 0.3) is 0 Å². The maximum Gasteiger partial charge on any atom is 0.145 e. The lowest BCUT2D eigenvalue weighted by Crippen LogP contribution is -2.21. The van der Waals surface area contributed by atoms with Crippen LogP contribution in [0.2, 0.25) is 0 Å². The Morgan fingerprint density at radius 1 is 1.35 bits per heavy atom. The van der Waals surface area contributed by atoms with E-state index in [0.29, 0.717) is 18.3 Å². The molecule has 1 aromatic carbocycles. The maximum absolute atomic E-state index is 5.71. The van der Waals surface area contributed by atoms with Crippen LogP contribution >= 0.6 is 15.9 Å². The van der Waals surface area contributed by atoms with Crippen molar-refractivity contribution in [3.63, 3.8) is 0 Å². The van der Waals surface area contributed by atoms with Gasteiger partial charge in [-0.3, -0.25) is 0 Å². The van der Waals surface area contributed by atoms with Crippen LogP contribution < -0.4 is 10.1 Å². The standard InChI is InChI=1S/C14H18BrN3O2/c1-9(2)16-7-11-4-5-14(12(15)6-11)19-8-13-10(3)17-20-18-13/h4-6,9,16H,7-8H2,1-3H3. The van der Waals surface area contributed by atoms with E-state index in [4.69, 9.17) is 4.74 Å². The largest absolute Gasteiger partial charge is 0.486 e. The van der Waals surface area contributed by atoms with Crippen LogP contribution in [0.5, 0.6) is 5.75 Å². The van der Waals surface area contributed by atoms with Crippen molar-refractivity contribution in [2.24, 2.45) is 0 Å². The molecule has 0 atom stereocenters. The van der Waals surface area contributed by atoms with Crippen LogP contribution in [-0.2, 0) is 13.2 Å². The summed E-state index contributed by atoms with van der Waals surface area (Å²) < 4.78 is 11.3. The van der Waals surface area contributed by atoms with E-state index < -0.39 is 0 Å². The summed E-state index contributed by atoms with van der Waals surface area (Å²) >= 11 is 3.52. The fraction of sp³-hybridized carbons (Fsp3) is 0.429. The molecule has 108 valence electrons. The molecule has 0 saturated heterocycles. The molecule has 0 spiro atoms. The molecular formula is C14H18BrN3O2. The molecule has 2 rings (SSSR count). The topological polar surface area (TPSA) is 60.2 Å². The highest BCUT2D eigenvalue weighted by atomic mass is 79.9. The first-order valence-corrected chi connectivity index (χ1v) is 7.28. The molecule has 0 saturated carbocycles. The summed E-state index contributed by atoms with van der Waals surface area (Å²) in [5, 5.41) is 10.9. The van der Waals surface area contributed by atoms with Crippen molar-refractivity contribution in [1.82, 2.24) is 15.6 Å². The van der Waals surface area contributed by atoms with Crippen LogP contribution in [0.1, 0.15) is 30.8 Å². The third-order valence-corrected chi connectivity index (χ3v) is 3.44. The van der Waals surface area contributed by atoms with Gasteiger partial charge in [0.15, 0.2) is 0 Å². The minimum atomic E-state index is 0.345. The SMILES string of the molecule is Cc1nonc1COc1ccc(CNC(C)C)cc1Br. The second-order valence-electron chi connectivity index (χ2n) is 4.89. The average Bonchev–Trinajstić information content (AvgIpc) is 2.81. The molecule has 1 N–H and O–H groups in total. The van der Waals surface area contributed by atoms with Crippen molar-refractivity contribution >= 4 is 15.9 Å². The molecule has 1 aromatic heterocycles. The van der Waals surface area contributed by atoms with Crippen LogP contribution in [0.4, 0.5) is 0 Å². The van der Waals surface area contributed by atoms with Crippen molar-refractivity contribution in [1.29, 1.82) is 0 Å². The first-order chi connectivity index (χ1) is 9.56. The van der Waals surface area contributed by atoms with E-state index in [0.717, 1.165) is 22.5 Å². The van der Waals surface area contributed by atoms with Gasteiger partial charge in [0.2, 0.25) is 0 Å². The smallest absolute Gasteiger partial charge is 0.145 e. The van der Waals surface area contributed by atoms with Crippen molar-refractivity contribution < 1.29 is 9.37 Å². The Bertz CT molecular complexity index is 569.